The van der Waals surface area contributed by atoms with Gasteiger partial charge in [-0.25, -0.2) is 9.97 Å². The minimum Gasteiger partial charge on any atom is -0.369 e. The van der Waals surface area contributed by atoms with Crippen LogP contribution in [0, 0.1) is 0 Å². The molecule has 0 bridgehead atoms. The van der Waals surface area contributed by atoms with Crippen molar-refractivity contribution in [3.8, 4) is 0 Å². The number of aromatic nitrogens is 4. The number of carbonyl (C=O) groups excluding carboxylic acids is 1. The van der Waals surface area contributed by atoms with E-state index in [0.29, 0.717) is 24.6 Å². The van der Waals surface area contributed by atoms with E-state index >= 15 is 0 Å². The van der Waals surface area contributed by atoms with E-state index in [2.05, 4.69) is 31.8 Å². The summed E-state index contributed by atoms with van der Waals surface area (Å²) in [4.78, 5) is 27.0. The summed E-state index contributed by atoms with van der Waals surface area (Å²) in [6.45, 7) is 4.83. The largest absolute Gasteiger partial charge is 0.369 e. The highest BCUT2D eigenvalue weighted by atomic mass is 16.2. The second-order valence-corrected chi connectivity index (χ2v) is 4.98. The fourth-order valence-electron chi connectivity index (χ4n) is 2.32. The third-order valence-electron chi connectivity index (χ3n) is 3.44. The Hall–Kier alpha value is -2.44. The molecule has 0 unspecified atom stereocenters. The van der Waals surface area contributed by atoms with Gasteiger partial charge in [-0.2, -0.15) is 0 Å². The number of hydrogen-bond donors (Lipinski definition) is 1. The molecule has 0 spiro atoms. The first kappa shape index (κ1) is 13.5. The first-order valence-electron chi connectivity index (χ1n) is 7.13. The Labute approximate surface area is 123 Å². The predicted molar refractivity (Wildman–Crippen MR) is 77.8 cm³/mol. The highest BCUT2D eigenvalue weighted by Gasteiger charge is 2.23. The van der Waals surface area contributed by atoms with Gasteiger partial charge in [0.15, 0.2) is 0 Å². The third kappa shape index (κ3) is 2.86. The molecule has 110 valence electrons. The van der Waals surface area contributed by atoms with Crippen LogP contribution >= 0.6 is 0 Å². The van der Waals surface area contributed by atoms with Crippen LogP contribution in [0.25, 0.3) is 0 Å². The molecule has 1 N–H and O–H groups in total. The summed E-state index contributed by atoms with van der Waals surface area (Å²) in [6, 6.07) is 0. The maximum absolute atomic E-state index is 12.5. The molecule has 1 amide bonds. The van der Waals surface area contributed by atoms with Crippen molar-refractivity contribution in [1.29, 1.82) is 0 Å². The molecular weight excluding hydrogens is 268 g/mol. The Kier molecular flexibility index (Phi) is 3.81. The van der Waals surface area contributed by atoms with Crippen LogP contribution in [0.5, 0.6) is 0 Å². The van der Waals surface area contributed by atoms with Crippen LogP contribution in [0.15, 0.2) is 24.8 Å². The quantitative estimate of drug-likeness (QED) is 0.912. The number of nitrogens with zero attached hydrogens (tertiary/aromatic N) is 5. The Balaban J connectivity index is 1.73. The van der Waals surface area contributed by atoms with Gasteiger partial charge in [0.2, 0.25) is 0 Å². The van der Waals surface area contributed by atoms with Gasteiger partial charge >= 0.3 is 0 Å². The van der Waals surface area contributed by atoms with Crippen molar-refractivity contribution >= 4 is 11.7 Å². The number of amides is 1. The maximum atomic E-state index is 12.5. The average Bonchev–Trinajstić information content (AvgIpc) is 3.00. The van der Waals surface area contributed by atoms with Crippen LogP contribution < -0.4 is 5.32 Å². The number of carbonyl (C=O) groups is 1. The molecule has 3 heterocycles. The first-order chi connectivity index (χ1) is 10.3. The molecule has 21 heavy (non-hydrogen) atoms. The van der Waals surface area contributed by atoms with Gasteiger partial charge in [-0.15, -0.1) is 0 Å². The SMILES string of the molecule is CCCNc1cncc(C(=O)N2CCn3ccnc3C2)n1. The fourth-order valence-corrected chi connectivity index (χ4v) is 2.32. The number of hydrogen-bond acceptors (Lipinski definition) is 5. The monoisotopic (exact) mass is 286 g/mol. The summed E-state index contributed by atoms with van der Waals surface area (Å²) in [5.74, 6) is 1.45. The van der Waals surface area contributed by atoms with Gasteiger partial charge in [-0.1, -0.05) is 6.92 Å². The lowest BCUT2D eigenvalue weighted by Gasteiger charge is -2.27. The standard InChI is InChI=1S/C14H18N6O/c1-2-3-16-12-9-15-8-11(18-12)14(21)20-7-6-19-5-4-17-13(19)10-20/h4-5,8-9H,2-3,6-7,10H2,1H3,(H,16,18). The van der Waals surface area contributed by atoms with Crippen molar-refractivity contribution in [2.24, 2.45) is 0 Å². The van der Waals surface area contributed by atoms with E-state index in [9.17, 15) is 4.79 Å². The molecular formula is C14H18N6O. The second kappa shape index (κ2) is 5.90. The van der Waals surface area contributed by atoms with E-state index in [4.69, 9.17) is 0 Å². The molecule has 0 aromatic carbocycles. The van der Waals surface area contributed by atoms with Crippen molar-refractivity contribution in [3.63, 3.8) is 0 Å². The summed E-state index contributed by atoms with van der Waals surface area (Å²) in [5.41, 5.74) is 0.371. The van der Waals surface area contributed by atoms with Crippen molar-refractivity contribution < 1.29 is 4.79 Å². The molecule has 2 aromatic heterocycles. The van der Waals surface area contributed by atoms with Crippen LogP contribution in [0.3, 0.4) is 0 Å². The van der Waals surface area contributed by atoms with Crippen molar-refractivity contribution in [2.45, 2.75) is 26.4 Å². The van der Waals surface area contributed by atoms with Gasteiger partial charge in [0.25, 0.3) is 5.91 Å². The number of anilines is 1. The van der Waals surface area contributed by atoms with Gasteiger partial charge in [0.1, 0.15) is 17.3 Å². The first-order valence-corrected chi connectivity index (χ1v) is 7.13. The molecule has 1 aliphatic heterocycles. The molecule has 0 saturated heterocycles. The zero-order chi connectivity index (χ0) is 14.7. The summed E-state index contributed by atoms with van der Waals surface area (Å²) in [7, 11) is 0. The van der Waals surface area contributed by atoms with Crippen molar-refractivity contribution in [3.05, 3.63) is 36.3 Å². The molecule has 0 radical (unpaired) electrons. The van der Waals surface area contributed by atoms with E-state index in [-0.39, 0.29) is 5.91 Å². The lowest BCUT2D eigenvalue weighted by molar-refractivity contribution is 0.0701. The van der Waals surface area contributed by atoms with Gasteiger partial charge in [-0.05, 0) is 6.42 Å². The highest BCUT2D eigenvalue weighted by molar-refractivity contribution is 5.92. The molecule has 2 aromatic rings. The molecule has 0 fully saturated rings. The lowest BCUT2D eigenvalue weighted by atomic mass is 10.3. The van der Waals surface area contributed by atoms with E-state index in [1.165, 1.54) is 6.20 Å². The van der Waals surface area contributed by atoms with Crippen LogP contribution in [0.1, 0.15) is 29.7 Å². The Morgan fingerprint density at radius 3 is 3.14 bits per heavy atom. The van der Waals surface area contributed by atoms with Crippen LogP contribution in [-0.4, -0.2) is 43.4 Å². The molecule has 0 atom stereocenters. The van der Waals surface area contributed by atoms with Crippen molar-refractivity contribution in [1.82, 2.24) is 24.4 Å². The fraction of sp³-hybridized carbons (Fsp3) is 0.429. The van der Waals surface area contributed by atoms with Crippen LogP contribution in [0.4, 0.5) is 5.82 Å². The smallest absolute Gasteiger partial charge is 0.274 e. The molecule has 0 saturated carbocycles. The summed E-state index contributed by atoms with van der Waals surface area (Å²) >= 11 is 0. The van der Waals surface area contributed by atoms with E-state index in [0.717, 1.165) is 25.3 Å². The zero-order valence-corrected chi connectivity index (χ0v) is 12.0. The topological polar surface area (TPSA) is 75.9 Å². The molecule has 0 aliphatic carbocycles. The Morgan fingerprint density at radius 1 is 1.38 bits per heavy atom. The minimum absolute atomic E-state index is 0.100. The number of nitrogens with one attached hydrogen (secondary N) is 1. The number of rotatable bonds is 4. The number of fused-ring (bicyclic) bond motifs is 1. The van der Waals surface area contributed by atoms with E-state index in [1.54, 1.807) is 17.3 Å². The molecule has 7 heteroatoms. The minimum atomic E-state index is -0.100. The van der Waals surface area contributed by atoms with E-state index in [1.807, 2.05) is 6.20 Å². The molecule has 1 aliphatic rings. The number of imidazole rings is 1. The van der Waals surface area contributed by atoms with Gasteiger partial charge in [-0.3, -0.25) is 9.78 Å². The average molecular weight is 286 g/mol. The molecule has 7 nitrogen and oxygen atoms in total. The second-order valence-electron chi connectivity index (χ2n) is 4.98. The normalized spacial score (nSPS) is 13.9. The van der Waals surface area contributed by atoms with Crippen LogP contribution in [0.2, 0.25) is 0 Å². The van der Waals surface area contributed by atoms with Crippen molar-refractivity contribution in [2.75, 3.05) is 18.4 Å². The third-order valence-corrected chi connectivity index (χ3v) is 3.44. The van der Waals surface area contributed by atoms with Crippen LogP contribution in [-0.2, 0) is 13.1 Å². The van der Waals surface area contributed by atoms with E-state index < -0.39 is 0 Å². The Bertz CT molecular complexity index is 638. The van der Waals surface area contributed by atoms with Gasteiger partial charge < -0.3 is 14.8 Å². The maximum Gasteiger partial charge on any atom is 0.274 e. The molecule has 3 rings (SSSR count). The summed E-state index contributed by atoms with van der Waals surface area (Å²) in [5, 5.41) is 3.14. The summed E-state index contributed by atoms with van der Waals surface area (Å²) < 4.78 is 2.06. The van der Waals surface area contributed by atoms with Gasteiger partial charge in [0, 0.05) is 32.0 Å². The van der Waals surface area contributed by atoms with Gasteiger partial charge in [0.05, 0.1) is 18.9 Å². The highest BCUT2D eigenvalue weighted by Crippen LogP contribution is 2.13. The lowest BCUT2D eigenvalue weighted by Crippen LogP contribution is -2.38. The Morgan fingerprint density at radius 2 is 2.29 bits per heavy atom. The zero-order valence-electron chi connectivity index (χ0n) is 12.0. The summed E-state index contributed by atoms with van der Waals surface area (Å²) in [6.07, 6.45) is 7.84. The predicted octanol–water partition coefficient (Wildman–Crippen LogP) is 1.15.